The minimum absolute atomic E-state index is 0.557. The fraction of sp³-hybridized carbons (Fsp3) is 0.923. The Morgan fingerprint density at radius 2 is 1.29 bits per heavy atom. The summed E-state index contributed by atoms with van der Waals surface area (Å²) in [7, 11) is 0. The van der Waals surface area contributed by atoms with Crippen molar-refractivity contribution < 1.29 is 4.79 Å². The first kappa shape index (κ1) is 10.2. The molecular formula is C13H22O. The molecule has 0 unspecified atom stereocenters. The van der Waals surface area contributed by atoms with Crippen molar-refractivity contribution in [3.05, 3.63) is 0 Å². The van der Waals surface area contributed by atoms with Crippen molar-refractivity contribution in [2.45, 2.75) is 64.2 Å². The average molecular weight is 194 g/mol. The fourth-order valence-corrected chi connectivity index (χ4v) is 2.82. The standard InChI is InChI=1S/C13H22O/c14-13(10-12-7-4-8-12)9-11-5-2-1-3-6-11/h11-12H,1-10H2. The molecule has 0 saturated heterocycles. The van der Waals surface area contributed by atoms with Crippen LogP contribution in [0.15, 0.2) is 0 Å². The zero-order valence-electron chi connectivity index (χ0n) is 9.13. The highest BCUT2D eigenvalue weighted by molar-refractivity contribution is 5.78. The van der Waals surface area contributed by atoms with E-state index in [2.05, 4.69) is 0 Å². The van der Waals surface area contributed by atoms with Crippen LogP contribution in [0, 0.1) is 11.8 Å². The van der Waals surface area contributed by atoms with Crippen molar-refractivity contribution in [1.29, 1.82) is 0 Å². The topological polar surface area (TPSA) is 17.1 Å². The maximum Gasteiger partial charge on any atom is 0.133 e. The summed E-state index contributed by atoms with van der Waals surface area (Å²) in [6.07, 6.45) is 12.5. The molecule has 0 bridgehead atoms. The summed E-state index contributed by atoms with van der Waals surface area (Å²) in [4.78, 5) is 11.7. The van der Waals surface area contributed by atoms with Gasteiger partial charge >= 0.3 is 0 Å². The van der Waals surface area contributed by atoms with Gasteiger partial charge in [0.05, 0.1) is 0 Å². The van der Waals surface area contributed by atoms with E-state index in [-0.39, 0.29) is 0 Å². The summed E-state index contributed by atoms with van der Waals surface area (Å²) >= 11 is 0. The van der Waals surface area contributed by atoms with Crippen LogP contribution in [-0.4, -0.2) is 5.78 Å². The Morgan fingerprint density at radius 1 is 0.786 bits per heavy atom. The molecule has 14 heavy (non-hydrogen) atoms. The molecule has 80 valence electrons. The Morgan fingerprint density at radius 3 is 1.71 bits per heavy atom. The third kappa shape index (κ3) is 2.83. The summed E-state index contributed by atoms with van der Waals surface area (Å²) in [5.41, 5.74) is 0. The van der Waals surface area contributed by atoms with Crippen LogP contribution in [0.5, 0.6) is 0 Å². The number of carbonyl (C=O) groups is 1. The molecule has 0 radical (unpaired) electrons. The van der Waals surface area contributed by atoms with Crippen LogP contribution >= 0.6 is 0 Å². The van der Waals surface area contributed by atoms with Crippen LogP contribution in [0.3, 0.4) is 0 Å². The number of rotatable bonds is 4. The van der Waals surface area contributed by atoms with Crippen LogP contribution in [0.1, 0.15) is 64.2 Å². The normalized spacial score (nSPS) is 24.6. The van der Waals surface area contributed by atoms with Gasteiger partial charge in [0.15, 0.2) is 0 Å². The fourth-order valence-electron chi connectivity index (χ4n) is 2.82. The van der Waals surface area contributed by atoms with E-state index in [0.717, 1.165) is 24.7 Å². The summed E-state index contributed by atoms with van der Waals surface area (Å²) in [5.74, 6) is 2.07. The second-order valence-electron chi connectivity index (χ2n) is 5.25. The van der Waals surface area contributed by atoms with E-state index in [0.29, 0.717) is 5.78 Å². The van der Waals surface area contributed by atoms with Gasteiger partial charge in [0.1, 0.15) is 5.78 Å². The number of ketones is 1. The Labute approximate surface area is 87.3 Å². The van der Waals surface area contributed by atoms with E-state index >= 15 is 0 Å². The third-order valence-electron chi connectivity index (χ3n) is 3.98. The molecule has 2 aliphatic rings. The van der Waals surface area contributed by atoms with Gasteiger partial charge in [-0.25, -0.2) is 0 Å². The van der Waals surface area contributed by atoms with Crippen LogP contribution < -0.4 is 0 Å². The lowest BCUT2D eigenvalue weighted by Gasteiger charge is -2.26. The Bertz CT molecular complexity index is 187. The Hall–Kier alpha value is -0.330. The maximum absolute atomic E-state index is 11.7. The first-order valence-electron chi connectivity index (χ1n) is 6.36. The summed E-state index contributed by atoms with van der Waals surface area (Å²) < 4.78 is 0. The minimum Gasteiger partial charge on any atom is -0.300 e. The van der Waals surface area contributed by atoms with E-state index in [4.69, 9.17) is 0 Å². The molecule has 2 aliphatic carbocycles. The largest absolute Gasteiger partial charge is 0.300 e. The van der Waals surface area contributed by atoms with Gasteiger partial charge in [-0.1, -0.05) is 51.4 Å². The van der Waals surface area contributed by atoms with E-state index in [1.54, 1.807) is 0 Å². The quantitative estimate of drug-likeness (QED) is 0.666. The molecule has 0 aromatic rings. The highest BCUT2D eigenvalue weighted by atomic mass is 16.1. The van der Waals surface area contributed by atoms with Crippen molar-refractivity contribution in [3.63, 3.8) is 0 Å². The van der Waals surface area contributed by atoms with Gasteiger partial charge in [0, 0.05) is 12.8 Å². The average Bonchev–Trinajstić information content (AvgIpc) is 2.13. The third-order valence-corrected chi connectivity index (χ3v) is 3.98. The molecule has 0 amide bonds. The van der Waals surface area contributed by atoms with E-state index in [1.165, 1.54) is 51.4 Å². The van der Waals surface area contributed by atoms with Gasteiger partial charge in [-0.3, -0.25) is 4.79 Å². The Kier molecular flexibility index (Phi) is 3.61. The second kappa shape index (κ2) is 4.95. The first-order chi connectivity index (χ1) is 6.84. The molecule has 0 aliphatic heterocycles. The highest BCUT2D eigenvalue weighted by Gasteiger charge is 2.23. The zero-order chi connectivity index (χ0) is 9.80. The lowest BCUT2D eigenvalue weighted by molar-refractivity contribution is -0.121. The molecule has 0 spiro atoms. The van der Waals surface area contributed by atoms with E-state index in [9.17, 15) is 4.79 Å². The molecule has 2 saturated carbocycles. The summed E-state index contributed by atoms with van der Waals surface area (Å²) in [6, 6.07) is 0. The predicted molar refractivity (Wildman–Crippen MR) is 58.2 cm³/mol. The van der Waals surface area contributed by atoms with Crippen LogP contribution in [0.25, 0.3) is 0 Å². The minimum atomic E-state index is 0.557. The molecule has 2 rings (SSSR count). The summed E-state index contributed by atoms with van der Waals surface area (Å²) in [6.45, 7) is 0. The van der Waals surface area contributed by atoms with E-state index < -0.39 is 0 Å². The SMILES string of the molecule is O=C(CC1CCCCC1)CC1CCC1. The molecular weight excluding hydrogens is 172 g/mol. The number of hydrogen-bond acceptors (Lipinski definition) is 1. The van der Waals surface area contributed by atoms with Crippen molar-refractivity contribution in [2.24, 2.45) is 11.8 Å². The maximum atomic E-state index is 11.7. The van der Waals surface area contributed by atoms with Gasteiger partial charge in [-0.2, -0.15) is 0 Å². The summed E-state index contributed by atoms with van der Waals surface area (Å²) in [5, 5.41) is 0. The number of Topliss-reactive ketones (excluding diaryl/α,β-unsaturated/α-hetero) is 1. The Balaban J connectivity index is 1.64. The smallest absolute Gasteiger partial charge is 0.133 e. The molecule has 1 heteroatoms. The second-order valence-corrected chi connectivity index (χ2v) is 5.25. The lowest BCUT2D eigenvalue weighted by atomic mass is 9.79. The van der Waals surface area contributed by atoms with Crippen molar-refractivity contribution in [1.82, 2.24) is 0 Å². The molecule has 1 nitrogen and oxygen atoms in total. The monoisotopic (exact) mass is 194 g/mol. The van der Waals surface area contributed by atoms with Gasteiger partial charge in [0.2, 0.25) is 0 Å². The van der Waals surface area contributed by atoms with Gasteiger partial charge in [0.25, 0.3) is 0 Å². The zero-order valence-corrected chi connectivity index (χ0v) is 9.13. The van der Waals surface area contributed by atoms with Crippen LogP contribution in [-0.2, 0) is 4.79 Å². The number of hydrogen-bond donors (Lipinski definition) is 0. The molecule has 0 atom stereocenters. The van der Waals surface area contributed by atoms with Crippen molar-refractivity contribution >= 4 is 5.78 Å². The highest BCUT2D eigenvalue weighted by Crippen LogP contribution is 2.32. The number of carbonyl (C=O) groups excluding carboxylic acids is 1. The van der Waals surface area contributed by atoms with Gasteiger partial charge in [-0.05, 0) is 11.8 Å². The molecule has 0 aromatic heterocycles. The van der Waals surface area contributed by atoms with Crippen molar-refractivity contribution in [2.75, 3.05) is 0 Å². The first-order valence-corrected chi connectivity index (χ1v) is 6.36. The predicted octanol–water partition coefficient (Wildman–Crippen LogP) is 3.72. The lowest BCUT2D eigenvalue weighted by Crippen LogP contribution is -2.18. The van der Waals surface area contributed by atoms with Gasteiger partial charge in [-0.15, -0.1) is 0 Å². The van der Waals surface area contributed by atoms with Crippen LogP contribution in [0.2, 0.25) is 0 Å². The molecule has 0 heterocycles. The van der Waals surface area contributed by atoms with Gasteiger partial charge < -0.3 is 0 Å². The molecule has 0 aromatic carbocycles. The van der Waals surface area contributed by atoms with E-state index in [1.807, 2.05) is 0 Å². The van der Waals surface area contributed by atoms with Crippen molar-refractivity contribution in [3.8, 4) is 0 Å². The molecule has 0 N–H and O–H groups in total. The van der Waals surface area contributed by atoms with Crippen LogP contribution in [0.4, 0.5) is 0 Å². The molecule has 2 fully saturated rings.